The van der Waals surface area contributed by atoms with Crippen molar-refractivity contribution >= 4 is 11.9 Å². The van der Waals surface area contributed by atoms with Crippen molar-refractivity contribution in [2.45, 2.75) is 40.3 Å². The van der Waals surface area contributed by atoms with Gasteiger partial charge in [0, 0.05) is 6.54 Å². The summed E-state index contributed by atoms with van der Waals surface area (Å²) < 4.78 is 15.8. The van der Waals surface area contributed by atoms with Crippen LogP contribution in [0.5, 0.6) is 11.5 Å². The predicted molar refractivity (Wildman–Crippen MR) is 107 cm³/mol. The number of benzene rings is 2. The minimum atomic E-state index is -0.909. The minimum Gasteiger partial charge on any atom is -0.493 e. The number of hydrogen-bond donors (Lipinski definition) is 1. The minimum absolute atomic E-state index is 0.281. The van der Waals surface area contributed by atoms with Crippen LogP contribution in [-0.4, -0.2) is 32.2 Å². The molecule has 0 radical (unpaired) electrons. The lowest BCUT2D eigenvalue weighted by molar-refractivity contribution is -0.129. The highest BCUT2D eigenvalue weighted by atomic mass is 16.5. The Balaban J connectivity index is 1.99. The third-order valence-electron chi connectivity index (χ3n) is 4.45. The molecule has 2 rings (SSSR count). The molecule has 1 amide bonds. The molecule has 0 aliphatic heterocycles. The standard InChI is InChI=1S/C22H27NO5/c1-13-9-14(2)20(15(3)10-13)22(25)28-16(4)21(24)23-12-17-7-8-18(26-5)19(11-17)27-6/h7-11,16H,12H2,1-6H3,(H,23,24). The molecule has 28 heavy (non-hydrogen) atoms. The Hall–Kier alpha value is -3.02. The van der Waals surface area contributed by atoms with E-state index < -0.39 is 12.1 Å². The third kappa shape index (κ3) is 5.03. The van der Waals surface area contributed by atoms with Gasteiger partial charge in [-0.05, 0) is 56.5 Å². The van der Waals surface area contributed by atoms with E-state index in [1.54, 1.807) is 33.3 Å². The van der Waals surface area contributed by atoms with E-state index in [4.69, 9.17) is 14.2 Å². The van der Waals surface area contributed by atoms with Crippen molar-refractivity contribution in [2.75, 3.05) is 14.2 Å². The molecule has 0 heterocycles. The van der Waals surface area contributed by atoms with Gasteiger partial charge in [-0.2, -0.15) is 0 Å². The maximum atomic E-state index is 12.5. The van der Waals surface area contributed by atoms with Gasteiger partial charge in [0.15, 0.2) is 17.6 Å². The smallest absolute Gasteiger partial charge is 0.339 e. The average molecular weight is 385 g/mol. The van der Waals surface area contributed by atoms with Gasteiger partial charge in [0.2, 0.25) is 0 Å². The number of esters is 1. The lowest BCUT2D eigenvalue weighted by Gasteiger charge is -2.16. The van der Waals surface area contributed by atoms with Crippen molar-refractivity contribution in [2.24, 2.45) is 0 Å². The SMILES string of the molecule is COc1ccc(CNC(=O)C(C)OC(=O)c2c(C)cc(C)cc2C)cc1OC. The number of amides is 1. The molecule has 0 aliphatic carbocycles. The van der Waals surface area contributed by atoms with Crippen LogP contribution in [0.4, 0.5) is 0 Å². The molecular weight excluding hydrogens is 358 g/mol. The quantitative estimate of drug-likeness (QED) is 0.739. The lowest BCUT2D eigenvalue weighted by Crippen LogP contribution is -2.35. The van der Waals surface area contributed by atoms with Gasteiger partial charge in [0.25, 0.3) is 5.91 Å². The highest BCUT2D eigenvalue weighted by Crippen LogP contribution is 2.27. The second-order valence-corrected chi connectivity index (χ2v) is 6.73. The number of hydrogen-bond acceptors (Lipinski definition) is 5. The molecule has 0 spiro atoms. The fourth-order valence-corrected chi connectivity index (χ4v) is 3.10. The van der Waals surface area contributed by atoms with E-state index in [1.165, 1.54) is 0 Å². The van der Waals surface area contributed by atoms with Gasteiger partial charge in [0.1, 0.15) is 0 Å². The van der Waals surface area contributed by atoms with Crippen LogP contribution in [0.3, 0.4) is 0 Å². The average Bonchev–Trinajstić information content (AvgIpc) is 2.64. The van der Waals surface area contributed by atoms with Crippen molar-refractivity contribution in [3.63, 3.8) is 0 Å². The Morgan fingerprint density at radius 2 is 1.57 bits per heavy atom. The summed E-state index contributed by atoms with van der Waals surface area (Å²) in [5.41, 5.74) is 4.09. The molecular formula is C22H27NO5. The maximum absolute atomic E-state index is 12.5. The molecule has 2 aromatic rings. The zero-order chi connectivity index (χ0) is 20.8. The molecule has 1 unspecified atom stereocenters. The Labute approximate surface area is 165 Å². The van der Waals surface area contributed by atoms with Gasteiger partial charge in [-0.15, -0.1) is 0 Å². The molecule has 6 heteroatoms. The van der Waals surface area contributed by atoms with Crippen molar-refractivity contribution in [1.82, 2.24) is 5.32 Å². The molecule has 1 N–H and O–H groups in total. The van der Waals surface area contributed by atoms with Crippen molar-refractivity contribution < 1.29 is 23.8 Å². The highest BCUT2D eigenvalue weighted by Gasteiger charge is 2.21. The molecule has 0 aliphatic rings. The molecule has 6 nitrogen and oxygen atoms in total. The Bertz CT molecular complexity index is 852. The van der Waals surface area contributed by atoms with E-state index in [2.05, 4.69) is 5.32 Å². The molecule has 2 aromatic carbocycles. The third-order valence-corrected chi connectivity index (χ3v) is 4.45. The van der Waals surface area contributed by atoms with Crippen molar-refractivity contribution in [3.05, 3.63) is 58.1 Å². The first kappa shape index (κ1) is 21.3. The summed E-state index contributed by atoms with van der Waals surface area (Å²) in [6, 6.07) is 9.23. The predicted octanol–water partition coefficient (Wildman–Crippen LogP) is 3.49. The molecule has 0 fully saturated rings. The van der Waals surface area contributed by atoms with E-state index in [0.717, 1.165) is 22.3 Å². The number of methoxy groups -OCH3 is 2. The van der Waals surface area contributed by atoms with E-state index in [-0.39, 0.29) is 12.5 Å². The second-order valence-electron chi connectivity index (χ2n) is 6.73. The maximum Gasteiger partial charge on any atom is 0.339 e. The number of carbonyl (C=O) groups is 2. The topological polar surface area (TPSA) is 73.9 Å². The summed E-state index contributed by atoms with van der Waals surface area (Å²) in [4.78, 5) is 24.8. The van der Waals surface area contributed by atoms with Gasteiger partial charge in [-0.1, -0.05) is 23.8 Å². The van der Waals surface area contributed by atoms with E-state index in [0.29, 0.717) is 17.1 Å². The molecule has 1 atom stereocenters. The first-order valence-electron chi connectivity index (χ1n) is 9.04. The van der Waals surface area contributed by atoms with Crippen LogP contribution < -0.4 is 14.8 Å². The van der Waals surface area contributed by atoms with Gasteiger partial charge in [-0.25, -0.2) is 4.79 Å². The summed E-state index contributed by atoms with van der Waals surface area (Å²) in [6.45, 7) is 7.53. The molecule has 0 saturated heterocycles. The van der Waals surface area contributed by atoms with E-state index >= 15 is 0 Å². The molecule has 0 saturated carbocycles. The monoisotopic (exact) mass is 385 g/mol. The summed E-state index contributed by atoms with van der Waals surface area (Å²) in [7, 11) is 3.11. The van der Waals surface area contributed by atoms with Crippen LogP contribution in [0.1, 0.15) is 39.5 Å². The fourth-order valence-electron chi connectivity index (χ4n) is 3.10. The Morgan fingerprint density at radius 3 is 2.14 bits per heavy atom. The second kappa shape index (κ2) is 9.26. The zero-order valence-corrected chi connectivity index (χ0v) is 17.2. The van der Waals surface area contributed by atoms with Crippen LogP contribution >= 0.6 is 0 Å². The number of nitrogens with one attached hydrogen (secondary N) is 1. The van der Waals surface area contributed by atoms with E-state index in [1.807, 2.05) is 39.0 Å². The summed E-state index contributed by atoms with van der Waals surface area (Å²) >= 11 is 0. The van der Waals surface area contributed by atoms with Gasteiger partial charge in [0.05, 0.1) is 19.8 Å². The van der Waals surface area contributed by atoms with Crippen LogP contribution in [0.2, 0.25) is 0 Å². The Kier molecular flexibility index (Phi) is 7.04. The number of aryl methyl sites for hydroxylation is 3. The number of carbonyl (C=O) groups excluding carboxylic acids is 2. The lowest BCUT2D eigenvalue weighted by atomic mass is 10.00. The summed E-state index contributed by atoms with van der Waals surface area (Å²) in [6.07, 6.45) is -0.909. The van der Waals surface area contributed by atoms with E-state index in [9.17, 15) is 9.59 Å². The molecule has 150 valence electrons. The summed E-state index contributed by atoms with van der Waals surface area (Å²) in [5, 5.41) is 2.77. The van der Waals surface area contributed by atoms with Crippen LogP contribution in [-0.2, 0) is 16.1 Å². The summed E-state index contributed by atoms with van der Waals surface area (Å²) in [5.74, 6) is 0.331. The number of rotatable bonds is 7. The van der Waals surface area contributed by atoms with Crippen molar-refractivity contribution in [1.29, 1.82) is 0 Å². The van der Waals surface area contributed by atoms with Crippen LogP contribution in [0, 0.1) is 20.8 Å². The molecule has 0 bridgehead atoms. The van der Waals surface area contributed by atoms with Gasteiger partial charge >= 0.3 is 5.97 Å². The largest absolute Gasteiger partial charge is 0.493 e. The highest BCUT2D eigenvalue weighted by molar-refractivity contribution is 5.94. The molecule has 0 aromatic heterocycles. The first-order valence-corrected chi connectivity index (χ1v) is 9.04. The van der Waals surface area contributed by atoms with Gasteiger partial charge in [-0.3, -0.25) is 4.79 Å². The first-order chi connectivity index (χ1) is 13.3. The Morgan fingerprint density at radius 1 is 0.964 bits per heavy atom. The van der Waals surface area contributed by atoms with Crippen molar-refractivity contribution in [3.8, 4) is 11.5 Å². The zero-order valence-electron chi connectivity index (χ0n) is 17.2. The van der Waals surface area contributed by atoms with Gasteiger partial charge < -0.3 is 19.5 Å². The number of ether oxygens (including phenoxy) is 3. The fraction of sp³-hybridized carbons (Fsp3) is 0.364. The normalized spacial score (nSPS) is 11.5. The van der Waals surface area contributed by atoms with Crippen LogP contribution in [0.25, 0.3) is 0 Å². The van der Waals surface area contributed by atoms with Crippen LogP contribution in [0.15, 0.2) is 30.3 Å².